The van der Waals surface area contributed by atoms with E-state index in [2.05, 4.69) is 0 Å². The first-order valence-corrected chi connectivity index (χ1v) is 6.49. The fourth-order valence-corrected chi connectivity index (χ4v) is 2.40. The highest BCUT2D eigenvalue weighted by atomic mass is 19.4. The number of benzene rings is 1. The van der Waals surface area contributed by atoms with E-state index in [1.807, 2.05) is 4.90 Å². The van der Waals surface area contributed by atoms with Crippen molar-refractivity contribution >= 4 is 11.7 Å². The smallest absolute Gasteiger partial charge is 0.392 e. The summed E-state index contributed by atoms with van der Waals surface area (Å²) in [6.45, 7) is 1.98. The Balaban J connectivity index is 2.42. The summed E-state index contributed by atoms with van der Waals surface area (Å²) < 4.78 is 44.0. The summed E-state index contributed by atoms with van der Waals surface area (Å²) in [5, 5.41) is 9.19. The van der Waals surface area contributed by atoms with E-state index in [4.69, 9.17) is 4.74 Å². The monoisotopic (exact) mass is 303 g/mol. The van der Waals surface area contributed by atoms with Gasteiger partial charge in [-0.1, -0.05) is 13.0 Å². The van der Waals surface area contributed by atoms with Crippen LogP contribution < -0.4 is 9.64 Å². The molecule has 2 atom stereocenters. The molecule has 0 aliphatic carbocycles. The third kappa shape index (κ3) is 3.06. The molecule has 1 heterocycles. The first kappa shape index (κ1) is 15.5. The van der Waals surface area contributed by atoms with E-state index in [0.29, 0.717) is 24.6 Å². The molecule has 7 heteroatoms. The Morgan fingerprint density at radius 1 is 1.43 bits per heavy atom. The second-order valence-corrected chi connectivity index (χ2v) is 5.14. The van der Waals surface area contributed by atoms with Crippen molar-refractivity contribution in [2.24, 2.45) is 5.92 Å². The standard InChI is InChI=1S/C14H16F3NO3/c1-8(14(15,16)17)12(13(19)20)9-3-4-11-10(7-9)18(2)5-6-21-11/h3-4,7-8,12H,5-6H2,1-2H3,(H,19,20)/t8-,12-/m1/s1. The quantitative estimate of drug-likeness (QED) is 0.933. The van der Waals surface area contributed by atoms with E-state index < -0.39 is 24.0 Å². The van der Waals surface area contributed by atoms with Crippen LogP contribution in [0.3, 0.4) is 0 Å². The topological polar surface area (TPSA) is 49.8 Å². The summed E-state index contributed by atoms with van der Waals surface area (Å²) in [6.07, 6.45) is -4.57. The molecule has 0 fully saturated rings. The van der Waals surface area contributed by atoms with E-state index in [9.17, 15) is 23.1 Å². The molecule has 4 nitrogen and oxygen atoms in total. The number of carboxylic acid groups (broad SMARTS) is 1. The molecule has 0 saturated heterocycles. The van der Waals surface area contributed by atoms with Crippen LogP contribution in [0, 0.1) is 5.92 Å². The summed E-state index contributed by atoms with van der Waals surface area (Å²) in [6, 6.07) is 4.38. The molecule has 116 valence electrons. The molecule has 2 rings (SSSR count). The van der Waals surface area contributed by atoms with Crippen LogP contribution in [-0.2, 0) is 4.79 Å². The number of anilines is 1. The Hall–Kier alpha value is -1.92. The van der Waals surface area contributed by atoms with E-state index >= 15 is 0 Å². The van der Waals surface area contributed by atoms with Gasteiger partial charge in [0.1, 0.15) is 12.4 Å². The van der Waals surface area contributed by atoms with Crippen LogP contribution in [0.4, 0.5) is 18.9 Å². The van der Waals surface area contributed by atoms with Gasteiger partial charge in [0.05, 0.1) is 24.1 Å². The molecule has 0 spiro atoms. The Morgan fingerprint density at radius 2 is 2.10 bits per heavy atom. The second kappa shape index (κ2) is 5.46. The molecule has 0 saturated carbocycles. The van der Waals surface area contributed by atoms with Crippen LogP contribution in [0.15, 0.2) is 18.2 Å². The first-order valence-electron chi connectivity index (χ1n) is 6.49. The van der Waals surface area contributed by atoms with Crippen LogP contribution >= 0.6 is 0 Å². The molecule has 1 aliphatic rings. The van der Waals surface area contributed by atoms with Crippen molar-refractivity contribution in [1.29, 1.82) is 0 Å². The van der Waals surface area contributed by atoms with Crippen LogP contribution in [0.25, 0.3) is 0 Å². The number of rotatable bonds is 3. The Bertz CT molecular complexity index is 545. The lowest BCUT2D eigenvalue weighted by Gasteiger charge is -2.29. The van der Waals surface area contributed by atoms with Crippen molar-refractivity contribution in [1.82, 2.24) is 0 Å². The van der Waals surface area contributed by atoms with Gasteiger partial charge in [0.15, 0.2) is 0 Å². The number of ether oxygens (including phenoxy) is 1. The van der Waals surface area contributed by atoms with Crippen molar-refractivity contribution in [3.05, 3.63) is 23.8 Å². The maximum Gasteiger partial charge on any atom is 0.392 e. The highest BCUT2D eigenvalue weighted by Gasteiger charge is 2.45. The van der Waals surface area contributed by atoms with Crippen molar-refractivity contribution in [3.8, 4) is 5.75 Å². The summed E-state index contributed by atoms with van der Waals surface area (Å²) in [5.74, 6) is -4.54. The normalized spacial score (nSPS) is 17.7. The molecule has 1 aromatic carbocycles. The van der Waals surface area contributed by atoms with Crippen LogP contribution in [0.2, 0.25) is 0 Å². The summed E-state index contributed by atoms with van der Waals surface area (Å²) >= 11 is 0. The molecule has 0 amide bonds. The number of hydrogen-bond acceptors (Lipinski definition) is 3. The van der Waals surface area contributed by atoms with Gasteiger partial charge >= 0.3 is 12.1 Å². The second-order valence-electron chi connectivity index (χ2n) is 5.14. The molecule has 1 aliphatic heterocycles. The summed E-state index contributed by atoms with van der Waals surface area (Å²) in [5.41, 5.74) is 0.739. The first-order chi connectivity index (χ1) is 9.71. The zero-order valence-corrected chi connectivity index (χ0v) is 11.6. The van der Waals surface area contributed by atoms with Gasteiger partial charge < -0.3 is 14.7 Å². The highest BCUT2D eigenvalue weighted by molar-refractivity contribution is 5.78. The predicted octanol–water partition coefficient (Wildman–Crippen LogP) is 2.88. The third-order valence-corrected chi connectivity index (χ3v) is 3.72. The number of carboxylic acids is 1. The molecular formula is C14H16F3NO3. The molecule has 1 aromatic rings. The van der Waals surface area contributed by atoms with Gasteiger partial charge in [-0.15, -0.1) is 0 Å². The zero-order valence-electron chi connectivity index (χ0n) is 11.6. The summed E-state index contributed by atoms with van der Waals surface area (Å²) in [7, 11) is 1.79. The van der Waals surface area contributed by atoms with Crippen molar-refractivity contribution in [3.63, 3.8) is 0 Å². The van der Waals surface area contributed by atoms with E-state index in [0.717, 1.165) is 6.92 Å². The van der Waals surface area contributed by atoms with Gasteiger partial charge in [0.2, 0.25) is 0 Å². The molecule has 21 heavy (non-hydrogen) atoms. The molecule has 0 aromatic heterocycles. The number of carbonyl (C=O) groups is 1. The van der Waals surface area contributed by atoms with Gasteiger partial charge in [-0.3, -0.25) is 4.79 Å². The zero-order chi connectivity index (χ0) is 15.8. The number of aliphatic carboxylic acids is 1. The van der Waals surface area contributed by atoms with Crippen LogP contribution in [0.1, 0.15) is 18.4 Å². The number of hydrogen-bond donors (Lipinski definition) is 1. The van der Waals surface area contributed by atoms with E-state index in [-0.39, 0.29) is 5.56 Å². The predicted molar refractivity (Wildman–Crippen MR) is 70.8 cm³/mol. The lowest BCUT2D eigenvalue weighted by molar-refractivity contribution is -0.183. The average Bonchev–Trinajstić information content (AvgIpc) is 2.38. The summed E-state index contributed by atoms with van der Waals surface area (Å²) in [4.78, 5) is 13.1. The molecule has 0 unspecified atom stereocenters. The SMILES string of the molecule is C[C@H]([C@@H](C(=O)O)c1ccc2c(c1)N(C)CCO2)C(F)(F)F. The molecule has 0 bridgehead atoms. The fraction of sp³-hybridized carbons (Fsp3) is 0.500. The minimum Gasteiger partial charge on any atom is -0.490 e. The average molecular weight is 303 g/mol. The number of alkyl halides is 3. The maximum absolute atomic E-state index is 12.9. The Morgan fingerprint density at radius 3 is 2.67 bits per heavy atom. The minimum absolute atomic E-state index is 0.128. The van der Waals surface area contributed by atoms with Crippen molar-refractivity contribution < 1.29 is 27.8 Å². The van der Waals surface area contributed by atoms with Crippen LogP contribution in [0.5, 0.6) is 5.75 Å². The minimum atomic E-state index is -4.57. The van der Waals surface area contributed by atoms with Crippen molar-refractivity contribution in [2.75, 3.05) is 25.1 Å². The number of halogens is 3. The largest absolute Gasteiger partial charge is 0.490 e. The van der Waals surface area contributed by atoms with Gasteiger partial charge in [-0.2, -0.15) is 13.2 Å². The van der Waals surface area contributed by atoms with Gasteiger partial charge in [0.25, 0.3) is 0 Å². The van der Waals surface area contributed by atoms with E-state index in [1.54, 1.807) is 7.05 Å². The van der Waals surface area contributed by atoms with E-state index in [1.165, 1.54) is 18.2 Å². The highest BCUT2D eigenvalue weighted by Crippen LogP contribution is 2.40. The number of nitrogens with zero attached hydrogens (tertiary/aromatic N) is 1. The lowest BCUT2D eigenvalue weighted by Crippen LogP contribution is -2.32. The number of fused-ring (bicyclic) bond motifs is 1. The third-order valence-electron chi connectivity index (χ3n) is 3.72. The molecule has 1 N–H and O–H groups in total. The molecule has 0 radical (unpaired) electrons. The fourth-order valence-electron chi connectivity index (χ4n) is 2.40. The van der Waals surface area contributed by atoms with Gasteiger partial charge in [-0.05, 0) is 17.7 Å². The lowest BCUT2D eigenvalue weighted by atomic mass is 9.86. The Kier molecular flexibility index (Phi) is 4.02. The number of likely N-dealkylation sites (N-methyl/N-ethyl adjacent to an activating group) is 1. The van der Waals surface area contributed by atoms with Gasteiger partial charge in [0, 0.05) is 7.05 Å². The maximum atomic E-state index is 12.9. The Labute approximate surface area is 120 Å². The molecular weight excluding hydrogens is 287 g/mol. The van der Waals surface area contributed by atoms with Gasteiger partial charge in [-0.25, -0.2) is 0 Å². The van der Waals surface area contributed by atoms with Crippen LogP contribution in [-0.4, -0.2) is 37.5 Å². The van der Waals surface area contributed by atoms with Crippen molar-refractivity contribution in [2.45, 2.75) is 19.0 Å².